The molecule has 1 aliphatic heterocycles. The predicted molar refractivity (Wildman–Crippen MR) is 76.9 cm³/mol. The molecule has 1 rings (SSSR count). The fraction of sp³-hybridized carbons (Fsp3) is 0.857. The Morgan fingerprint density at radius 1 is 1.40 bits per heavy atom. The van der Waals surface area contributed by atoms with Crippen molar-refractivity contribution < 1.29 is 14.7 Å². The van der Waals surface area contributed by atoms with Crippen LogP contribution in [0.5, 0.6) is 0 Å². The fourth-order valence-electron chi connectivity index (χ4n) is 2.46. The maximum absolute atomic E-state index is 12.2. The number of hydrogen-bond acceptors (Lipinski definition) is 4. The summed E-state index contributed by atoms with van der Waals surface area (Å²) >= 11 is 0. The number of nitrogens with one attached hydrogen (secondary N) is 1. The predicted octanol–water partition coefficient (Wildman–Crippen LogP) is -0.151. The van der Waals surface area contributed by atoms with Gasteiger partial charge in [0.15, 0.2) is 0 Å². The lowest BCUT2D eigenvalue weighted by molar-refractivity contribution is -0.136. The Balaban J connectivity index is 2.46. The first-order valence-electron chi connectivity index (χ1n) is 7.41. The van der Waals surface area contributed by atoms with Gasteiger partial charge in [-0.05, 0) is 31.6 Å². The monoisotopic (exact) mass is 285 g/mol. The van der Waals surface area contributed by atoms with Crippen molar-refractivity contribution in [2.75, 3.05) is 19.7 Å². The second-order valence-corrected chi connectivity index (χ2v) is 5.74. The van der Waals surface area contributed by atoms with Crippen LogP contribution in [0.4, 0.5) is 0 Å². The molecule has 4 N–H and O–H groups in total. The quantitative estimate of drug-likeness (QED) is 0.632. The SMILES string of the molecule is CC(C)[C@H](N)C(=O)NCC(=O)N1CCCCC1CCO. The summed E-state index contributed by atoms with van der Waals surface area (Å²) in [6, 6.07) is -0.491. The van der Waals surface area contributed by atoms with Gasteiger partial charge in [-0.2, -0.15) is 0 Å². The minimum absolute atomic E-state index is 0.0127. The van der Waals surface area contributed by atoms with Gasteiger partial charge in [-0.15, -0.1) is 0 Å². The van der Waals surface area contributed by atoms with Crippen LogP contribution in [0.25, 0.3) is 0 Å². The van der Waals surface area contributed by atoms with Crippen molar-refractivity contribution >= 4 is 11.8 Å². The molecule has 2 amide bonds. The molecule has 0 aromatic rings. The van der Waals surface area contributed by atoms with Gasteiger partial charge in [0.2, 0.25) is 11.8 Å². The average molecular weight is 285 g/mol. The second-order valence-electron chi connectivity index (χ2n) is 5.74. The molecule has 0 aromatic carbocycles. The van der Waals surface area contributed by atoms with Crippen LogP contribution in [0.2, 0.25) is 0 Å². The van der Waals surface area contributed by atoms with Crippen molar-refractivity contribution in [2.24, 2.45) is 11.7 Å². The first-order chi connectivity index (χ1) is 9.47. The van der Waals surface area contributed by atoms with Crippen molar-refractivity contribution in [2.45, 2.75) is 51.6 Å². The number of carbonyl (C=O) groups is 2. The molecule has 0 aromatic heterocycles. The highest BCUT2D eigenvalue weighted by atomic mass is 16.3. The zero-order chi connectivity index (χ0) is 15.1. The van der Waals surface area contributed by atoms with Crippen LogP contribution in [0, 0.1) is 5.92 Å². The number of carbonyl (C=O) groups excluding carboxylic acids is 2. The topological polar surface area (TPSA) is 95.7 Å². The van der Waals surface area contributed by atoms with Crippen LogP contribution in [0.1, 0.15) is 39.5 Å². The molecule has 1 fully saturated rings. The van der Waals surface area contributed by atoms with E-state index in [0.29, 0.717) is 13.0 Å². The number of hydrogen-bond donors (Lipinski definition) is 3. The van der Waals surface area contributed by atoms with Gasteiger partial charge in [0.05, 0.1) is 12.6 Å². The van der Waals surface area contributed by atoms with Crippen LogP contribution >= 0.6 is 0 Å². The zero-order valence-electron chi connectivity index (χ0n) is 12.5. The molecule has 0 aliphatic carbocycles. The molecule has 0 saturated carbocycles. The summed E-state index contributed by atoms with van der Waals surface area (Å²) < 4.78 is 0. The molecule has 116 valence electrons. The molecule has 6 nitrogen and oxygen atoms in total. The van der Waals surface area contributed by atoms with Gasteiger partial charge < -0.3 is 21.1 Å². The number of likely N-dealkylation sites (tertiary alicyclic amines) is 1. The smallest absolute Gasteiger partial charge is 0.242 e. The maximum Gasteiger partial charge on any atom is 0.242 e. The van der Waals surface area contributed by atoms with E-state index >= 15 is 0 Å². The lowest BCUT2D eigenvalue weighted by atomic mass is 9.99. The van der Waals surface area contributed by atoms with Crippen molar-refractivity contribution in [3.63, 3.8) is 0 Å². The third-order valence-electron chi connectivity index (χ3n) is 3.84. The molecule has 0 spiro atoms. The highest BCUT2D eigenvalue weighted by Gasteiger charge is 2.26. The molecular formula is C14H27N3O3. The Morgan fingerprint density at radius 3 is 2.70 bits per heavy atom. The van der Waals surface area contributed by atoms with E-state index in [-0.39, 0.29) is 36.9 Å². The standard InChI is InChI=1S/C14H27N3O3/c1-10(2)13(15)14(20)16-9-12(19)17-7-4-3-5-11(17)6-8-18/h10-11,13,18H,3-9,15H2,1-2H3,(H,16,20)/t11?,13-/m0/s1. The summed E-state index contributed by atoms with van der Waals surface area (Å²) in [5, 5.41) is 11.7. The first kappa shape index (κ1) is 16.9. The molecular weight excluding hydrogens is 258 g/mol. The second kappa shape index (κ2) is 8.21. The maximum atomic E-state index is 12.2. The number of aliphatic hydroxyl groups excluding tert-OH is 1. The van der Waals surface area contributed by atoms with Gasteiger partial charge >= 0.3 is 0 Å². The molecule has 1 unspecified atom stereocenters. The molecule has 6 heteroatoms. The Labute approximate surface area is 120 Å². The first-order valence-corrected chi connectivity index (χ1v) is 7.41. The van der Waals surface area contributed by atoms with E-state index in [0.717, 1.165) is 19.3 Å². The minimum atomic E-state index is -0.586. The van der Waals surface area contributed by atoms with E-state index < -0.39 is 6.04 Å². The van der Waals surface area contributed by atoms with E-state index in [9.17, 15) is 9.59 Å². The number of nitrogens with zero attached hydrogens (tertiary/aromatic N) is 1. The van der Waals surface area contributed by atoms with Crippen LogP contribution in [0.15, 0.2) is 0 Å². The number of nitrogens with two attached hydrogens (primary N) is 1. The Kier molecular flexibility index (Phi) is 6.95. The van der Waals surface area contributed by atoms with Gasteiger partial charge in [-0.25, -0.2) is 0 Å². The van der Waals surface area contributed by atoms with Gasteiger partial charge in [0.1, 0.15) is 0 Å². The van der Waals surface area contributed by atoms with Gasteiger partial charge in [-0.3, -0.25) is 9.59 Å². The van der Waals surface area contributed by atoms with E-state index in [1.165, 1.54) is 0 Å². The van der Waals surface area contributed by atoms with E-state index in [2.05, 4.69) is 5.32 Å². The summed E-state index contributed by atoms with van der Waals surface area (Å²) in [6.45, 7) is 4.51. The van der Waals surface area contributed by atoms with Crippen LogP contribution < -0.4 is 11.1 Å². The summed E-state index contributed by atoms with van der Waals surface area (Å²) in [5.74, 6) is -0.334. The zero-order valence-corrected chi connectivity index (χ0v) is 12.5. The molecule has 1 aliphatic rings. The van der Waals surface area contributed by atoms with Crippen molar-refractivity contribution in [1.29, 1.82) is 0 Å². The number of rotatable bonds is 6. The van der Waals surface area contributed by atoms with Crippen LogP contribution in [-0.4, -0.2) is 53.6 Å². The highest BCUT2D eigenvalue weighted by molar-refractivity contribution is 5.87. The number of piperidine rings is 1. The van der Waals surface area contributed by atoms with E-state index in [1.807, 2.05) is 13.8 Å². The molecule has 0 radical (unpaired) electrons. The molecule has 20 heavy (non-hydrogen) atoms. The Morgan fingerprint density at radius 2 is 2.10 bits per heavy atom. The van der Waals surface area contributed by atoms with Crippen molar-refractivity contribution in [3.8, 4) is 0 Å². The summed E-state index contributed by atoms with van der Waals surface area (Å²) in [6.07, 6.45) is 3.59. The Hall–Kier alpha value is -1.14. The van der Waals surface area contributed by atoms with Crippen LogP contribution in [-0.2, 0) is 9.59 Å². The third kappa shape index (κ3) is 4.76. The summed E-state index contributed by atoms with van der Waals surface area (Å²) in [7, 11) is 0. The lowest BCUT2D eigenvalue weighted by Gasteiger charge is -2.35. The number of aliphatic hydroxyl groups is 1. The minimum Gasteiger partial charge on any atom is -0.396 e. The fourth-order valence-corrected chi connectivity index (χ4v) is 2.46. The largest absolute Gasteiger partial charge is 0.396 e. The lowest BCUT2D eigenvalue weighted by Crippen LogP contribution is -2.51. The van der Waals surface area contributed by atoms with Gasteiger partial charge in [0, 0.05) is 19.2 Å². The normalized spacial score (nSPS) is 20.9. The average Bonchev–Trinajstić information content (AvgIpc) is 2.44. The molecule has 1 saturated heterocycles. The number of amides is 2. The molecule has 1 heterocycles. The van der Waals surface area contributed by atoms with Crippen LogP contribution in [0.3, 0.4) is 0 Å². The highest BCUT2D eigenvalue weighted by Crippen LogP contribution is 2.19. The van der Waals surface area contributed by atoms with Crippen molar-refractivity contribution in [3.05, 3.63) is 0 Å². The van der Waals surface area contributed by atoms with Crippen molar-refractivity contribution in [1.82, 2.24) is 10.2 Å². The van der Waals surface area contributed by atoms with Gasteiger partial charge in [0.25, 0.3) is 0 Å². The van der Waals surface area contributed by atoms with E-state index in [4.69, 9.17) is 10.8 Å². The summed E-state index contributed by atoms with van der Waals surface area (Å²) in [4.78, 5) is 25.7. The Bertz CT molecular complexity index is 332. The third-order valence-corrected chi connectivity index (χ3v) is 3.84. The van der Waals surface area contributed by atoms with E-state index in [1.54, 1.807) is 4.90 Å². The van der Waals surface area contributed by atoms with Gasteiger partial charge in [-0.1, -0.05) is 13.8 Å². The summed E-state index contributed by atoms with van der Waals surface area (Å²) in [5.41, 5.74) is 5.73. The molecule has 0 bridgehead atoms. The molecule has 2 atom stereocenters.